The average Bonchev–Trinajstić information content (AvgIpc) is 2.46. The highest BCUT2D eigenvalue weighted by Gasteiger charge is 2.09. The fourth-order valence-electron chi connectivity index (χ4n) is 1.66. The van der Waals surface area contributed by atoms with Gasteiger partial charge in [0.1, 0.15) is 5.75 Å². The summed E-state index contributed by atoms with van der Waals surface area (Å²) < 4.78 is 1.82. The first kappa shape index (κ1) is 9.02. The molecule has 1 heterocycles. The van der Waals surface area contributed by atoms with E-state index in [1.54, 1.807) is 12.1 Å². The Bertz CT molecular complexity index is 462. The second-order valence-electron chi connectivity index (χ2n) is 3.27. The molecule has 0 fully saturated rings. The minimum Gasteiger partial charge on any atom is -0.507 e. The minimum absolute atomic E-state index is 0.281. The summed E-state index contributed by atoms with van der Waals surface area (Å²) in [4.78, 5) is 0. The Morgan fingerprint density at radius 3 is 2.93 bits per heavy atom. The van der Waals surface area contributed by atoms with Crippen molar-refractivity contribution in [3.63, 3.8) is 0 Å². The highest BCUT2D eigenvalue weighted by atomic mass is 16.3. The number of aromatic hydroxyl groups is 1. The van der Waals surface area contributed by atoms with Crippen LogP contribution in [0.3, 0.4) is 0 Å². The van der Waals surface area contributed by atoms with Gasteiger partial charge in [0.05, 0.1) is 17.4 Å². The Morgan fingerprint density at radius 2 is 2.29 bits per heavy atom. The van der Waals surface area contributed by atoms with Crippen LogP contribution >= 0.6 is 0 Å². The number of phenolic OH excluding ortho intramolecular Hbond substituents is 1. The molecule has 4 heteroatoms. The molecule has 74 valence electrons. The second kappa shape index (κ2) is 3.31. The molecule has 0 amide bonds. The molecule has 0 spiro atoms. The summed E-state index contributed by atoms with van der Waals surface area (Å²) in [6, 6.07) is 5.34. The summed E-state index contributed by atoms with van der Waals surface area (Å²) in [5.41, 5.74) is 7.24. The number of fused-ring (bicyclic) bond motifs is 1. The molecule has 0 bridgehead atoms. The SMILES string of the molecule is Cc1c2c(O)cccc2nn1CCN. The molecular weight excluding hydrogens is 178 g/mol. The van der Waals surface area contributed by atoms with Gasteiger partial charge in [0.25, 0.3) is 0 Å². The van der Waals surface area contributed by atoms with E-state index < -0.39 is 0 Å². The molecule has 0 aliphatic carbocycles. The zero-order chi connectivity index (χ0) is 10.1. The normalized spacial score (nSPS) is 11.0. The van der Waals surface area contributed by atoms with Gasteiger partial charge < -0.3 is 10.8 Å². The molecule has 14 heavy (non-hydrogen) atoms. The maximum absolute atomic E-state index is 9.65. The zero-order valence-corrected chi connectivity index (χ0v) is 8.07. The molecule has 2 aromatic rings. The Kier molecular flexibility index (Phi) is 2.13. The third-order valence-electron chi connectivity index (χ3n) is 2.34. The average molecular weight is 191 g/mol. The summed E-state index contributed by atoms with van der Waals surface area (Å²) in [6.45, 7) is 3.17. The lowest BCUT2D eigenvalue weighted by Gasteiger charge is -2.00. The van der Waals surface area contributed by atoms with Crippen molar-refractivity contribution in [2.24, 2.45) is 5.73 Å². The van der Waals surface area contributed by atoms with Crippen molar-refractivity contribution in [1.29, 1.82) is 0 Å². The van der Waals surface area contributed by atoms with Crippen LogP contribution in [0.25, 0.3) is 10.9 Å². The van der Waals surface area contributed by atoms with Crippen LogP contribution in [0.15, 0.2) is 18.2 Å². The molecule has 0 unspecified atom stereocenters. The number of aromatic nitrogens is 2. The molecule has 0 aliphatic heterocycles. The van der Waals surface area contributed by atoms with E-state index in [1.807, 2.05) is 17.7 Å². The van der Waals surface area contributed by atoms with Gasteiger partial charge in [0.2, 0.25) is 0 Å². The van der Waals surface area contributed by atoms with Gasteiger partial charge >= 0.3 is 0 Å². The Labute approximate surface area is 81.9 Å². The van der Waals surface area contributed by atoms with Gasteiger partial charge in [0.15, 0.2) is 0 Å². The first-order chi connectivity index (χ1) is 6.74. The number of benzene rings is 1. The predicted molar refractivity (Wildman–Crippen MR) is 55.2 cm³/mol. The number of hydrogen-bond acceptors (Lipinski definition) is 3. The fourth-order valence-corrected chi connectivity index (χ4v) is 1.66. The number of nitrogens with two attached hydrogens (primary N) is 1. The van der Waals surface area contributed by atoms with Crippen LogP contribution < -0.4 is 5.73 Å². The molecule has 1 aromatic heterocycles. The maximum atomic E-state index is 9.65. The van der Waals surface area contributed by atoms with Crippen molar-refractivity contribution in [3.8, 4) is 5.75 Å². The molecule has 0 aliphatic rings. The van der Waals surface area contributed by atoms with Crippen LogP contribution in [0, 0.1) is 6.92 Å². The van der Waals surface area contributed by atoms with Gasteiger partial charge in [-0.3, -0.25) is 4.68 Å². The van der Waals surface area contributed by atoms with Crippen LogP contribution in [0.5, 0.6) is 5.75 Å². The Morgan fingerprint density at radius 1 is 1.50 bits per heavy atom. The highest BCUT2D eigenvalue weighted by Crippen LogP contribution is 2.26. The van der Waals surface area contributed by atoms with Gasteiger partial charge in [-0.15, -0.1) is 0 Å². The molecular formula is C10H13N3O. The number of nitrogens with zero attached hydrogens (tertiary/aromatic N) is 2. The van der Waals surface area contributed by atoms with E-state index in [9.17, 15) is 5.11 Å². The van der Waals surface area contributed by atoms with Crippen LogP contribution in [0.1, 0.15) is 5.69 Å². The van der Waals surface area contributed by atoms with Crippen LogP contribution in [0.4, 0.5) is 0 Å². The molecule has 3 N–H and O–H groups in total. The van der Waals surface area contributed by atoms with E-state index in [2.05, 4.69) is 5.10 Å². The third kappa shape index (κ3) is 1.24. The van der Waals surface area contributed by atoms with Crippen molar-refractivity contribution in [3.05, 3.63) is 23.9 Å². The standard InChI is InChI=1S/C10H13N3O/c1-7-10-8(3-2-4-9(10)14)12-13(7)6-5-11/h2-4,14H,5-6,11H2,1H3. The first-order valence-corrected chi connectivity index (χ1v) is 4.59. The summed E-state index contributed by atoms with van der Waals surface area (Å²) in [6.07, 6.45) is 0. The topological polar surface area (TPSA) is 64.1 Å². The van der Waals surface area contributed by atoms with Crippen LogP contribution in [-0.2, 0) is 6.54 Å². The van der Waals surface area contributed by atoms with Crippen molar-refractivity contribution in [1.82, 2.24) is 9.78 Å². The number of rotatable bonds is 2. The largest absolute Gasteiger partial charge is 0.507 e. The molecule has 0 atom stereocenters. The van der Waals surface area contributed by atoms with Crippen LogP contribution in [0.2, 0.25) is 0 Å². The quantitative estimate of drug-likeness (QED) is 0.744. The molecule has 0 saturated heterocycles. The van der Waals surface area contributed by atoms with Crippen LogP contribution in [-0.4, -0.2) is 21.4 Å². The van der Waals surface area contributed by atoms with E-state index in [0.717, 1.165) is 16.6 Å². The van der Waals surface area contributed by atoms with E-state index >= 15 is 0 Å². The van der Waals surface area contributed by atoms with Crippen molar-refractivity contribution >= 4 is 10.9 Å². The van der Waals surface area contributed by atoms with Gasteiger partial charge in [0, 0.05) is 12.2 Å². The number of aryl methyl sites for hydroxylation is 1. The van der Waals surface area contributed by atoms with Gasteiger partial charge in [-0.2, -0.15) is 5.10 Å². The second-order valence-corrected chi connectivity index (χ2v) is 3.27. The monoisotopic (exact) mass is 191 g/mol. The first-order valence-electron chi connectivity index (χ1n) is 4.59. The van der Waals surface area contributed by atoms with E-state index in [1.165, 1.54) is 0 Å². The maximum Gasteiger partial charge on any atom is 0.126 e. The van der Waals surface area contributed by atoms with E-state index in [4.69, 9.17) is 5.73 Å². The van der Waals surface area contributed by atoms with Gasteiger partial charge in [-0.1, -0.05) is 6.07 Å². The van der Waals surface area contributed by atoms with E-state index in [0.29, 0.717) is 13.1 Å². The summed E-state index contributed by atoms with van der Waals surface area (Å²) in [7, 11) is 0. The molecule has 0 radical (unpaired) electrons. The summed E-state index contributed by atoms with van der Waals surface area (Å²) in [5, 5.41) is 14.8. The van der Waals surface area contributed by atoms with E-state index in [-0.39, 0.29) is 5.75 Å². The summed E-state index contributed by atoms with van der Waals surface area (Å²) in [5.74, 6) is 0.281. The number of phenols is 1. The lowest BCUT2D eigenvalue weighted by molar-refractivity contribution is 0.481. The Balaban J connectivity index is 2.68. The molecule has 0 saturated carbocycles. The minimum atomic E-state index is 0.281. The number of hydrogen-bond donors (Lipinski definition) is 2. The summed E-state index contributed by atoms with van der Waals surface area (Å²) >= 11 is 0. The zero-order valence-electron chi connectivity index (χ0n) is 8.07. The molecule has 2 rings (SSSR count). The molecule has 4 nitrogen and oxygen atoms in total. The van der Waals surface area contributed by atoms with Crippen molar-refractivity contribution in [2.45, 2.75) is 13.5 Å². The fraction of sp³-hybridized carbons (Fsp3) is 0.300. The van der Waals surface area contributed by atoms with Crippen molar-refractivity contribution < 1.29 is 5.11 Å². The smallest absolute Gasteiger partial charge is 0.126 e. The predicted octanol–water partition coefficient (Wildman–Crippen LogP) is 1.01. The van der Waals surface area contributed by atoms with Gasteiger partial charge in [-0.25, -0.2) is 0 Å². The van der Waals surface area contributed by atoms with Crippen molar-refractivity contribution in [2.75, 3.05) is 6.54 Å². The third-order valence-corrected chi connectivity index (χ3v) is 2.34. The highest BCUT2D eigenvalue weighted by molar-refractivity contribution is 5.87. The molecule has 1 aromatic carbocycles. The lowest BCUT2D eigenvalue weighted by atomic mass is 10.2. The van der Waals surface area contributed by atoms with Gasteiger partial charge in [-0.05, 0) is 19.1 Å². The Hall–Kier alpha value is -1.55. The lowest BCUT2D eigenvalue weighted by Crippen LogP contribution is -2.11.